The highest BCUT2D eigenvalue weighted by Gasteiger charge is 2.34. The molecule has 2 heterocycles. The molecule has 0 bridgehead atoms. The number of fused-ring (bicyclic) bond motifs is 1. The number of thioether (sulfide) groups is 1. The van der Waals surface area contributed by atoms with Crippen molar-refractivity contribution in [2.45, 2.75) is 43.6 Å². The molecule has 3 atom stereocenters. The van der Waals surface area contributed by atoms with Crippen LogP contribution in [0.5, 0.6) is 5.75 Å². The maximum Gasteiger partial charge on any atom is 0.308 e. The molecule has 2 aromatic carbocycles. The van der Waals surface area contributed by atoms with Gasteiger partial charge in [-0.05, 0) is 99.3 Å². The fourth-order valence-electron chi connectivity index (χ4n) is 5.10. The van der Waals surface area contributed by atoms with Crippen molar-refractivity contribution >= 4 is 28.6 Å². The van der Waals surface area contributed by atoms with Gasteiger partial charge in [0.1, 0.15) is 5.75 Å². The van der Waals surface area contributed by atoms with Gasteiger partial charge in [-0.15, -0.1) is 11.8 Å². The average molecular weight is 509 g/mol. The summed E-state index contributed by atoms with van der Waals surface area (Å²) in [7, 11) is 1.62. The fraction of sp³-hybridized carbons (Fsp3) is 0.448. The van der Waals surface area contributed by atoms with Crippen LogP contribution in [0.4, 0.5) is 0 Å². The van der Waals surface area contributed by atoms with Crippen molar-refractivity contribution in [3.63, 3.8) is 0 Å². The highest BCUT2D eigenvalue weighted by molar-refractivity contribution is 7.99. The predicted molar refractivity (Wildman–Crippen MR) is 145 cm³/mol. The number of benzene rings is 2. The van der Waals surface area contributed by atoms with Crippen LogP contribution in [0.2, 0.25) is 0 Å². The van der Waals surface area contributed by atoms with Gasteiger partial charge in [0.15, 0.2) is 0 Å². The first-order valence-corrected chi connectivity index (χ1v) is 13.7. The van der Waals surface area contributed by atoms with E-state index < -0.39 is 18.0 Å². The van der Waals surface area contributed by atoms with E-state index in [0.29, 0.717) is 19.4 Å². The van der Waals surface area contributed by atoms with Gasteiger partial charge >= 0.3 is 5.97 Å². The van der Waals surface area contributed by atoms with E-state index >= 15 is 0 Å². The largest absolute Gasteiger partial charge is 0.497 e. The number of carboxylic acid groups (broad SMARTS) is 1. The zero-order chi connectivity index (χ0) is 25.5. The van der Waals surface area contributed by atoms with Crippen LogP contribution in [0.15, 0.2) is 59.6 Å². The van der Waals surface area contributed by atoms with Crippen LogP contribution in [-0.2, 0) is 4.79 Å². The molecule has 7 heteroatoms. The van der Waals surface area contributed by atoms with Crippen LogP contribution in [0.3, 0.4) is 0 Å². The molecule has 36 heavy (non-hydrogen) atoms. The number of ether oxygens (including phenoxy) is 1. The second-order valence-electron chi connectivity index (χ2n) is 9.69. The number of aliphatic hydroxyl groups is 1. The minimum Gasteiger partial charge on any atom is -0.497 e. The second-order valence-corrected chi connectivity index (χ2v) is 10.9. The van der Waals surface area contributed by atoms with Gasteiger partial charge in [-0.25, -0.2) is 0 Å². The Kier molecular flexibility index (Phi) is 9.24. The number of aryl methyl sites for hydroxylation is 1. The standard InChI is InChI=1S/C29H36N2O4S/c1-20-4-8-23(9-5-20)36-17-3-15-31-16-13-21(26(19-31)29(33)34)6-11-28(32)24-12-14-30-27-10-7-22(35-2)18-25(24)27/h4-5,7-10,12,14,18,21,26,28,32H,3,6,11,13,15-17,19H2,1-2H3,(H,33,34)/t21-,26+,28-/m1/s1. The zero-order valence-electron chi connectivity index (χ0n) is 21.1. The normalized spacial score (nSPS) is 19.3. The lowest BCUT2D eigenvalue weighted by Gasteiger charge is -2.37. The number of aromatic nitrogens is 1. The van der Waals surface area contributed by atoms with E-state index in [1.165, 1.54) is 10.5 Å². The van der Waals surface area contributed by atoms with Crippen molar-refractivity contribution in [2.75, 3.05) is 32.5 Å². The summed E-state index contributed by atoms with van der Waals surface area (Å²) in [6, 6.07) is 16.1. The molecule has 6 nitrogen and oxygen atoms in total. The van der Waals surface area contributed by atoms with Gasteiger partial charge in [-0.2, -0.15) is 0 Å². The van der Waals surface area contributed by atoms with Gasteiger partial charge in [0.25, 0.3) is 0 Å². The molecule has 3 aromatic rings. The van der Waals surface area contributed by atoms with Crippen LogP contribution in [0.1, 0.15) is 42.9 Å². The molecule has 0 amide bonds. The molecule has 0 saturated carbocycles. The summed E-state index contributed by atoms with van der Waals surface area (Å²) in [5.41, 5.74) is 2.89. The van der Waals surface area contributed by atoms with E-state index in [1.807, 2.05) is 36.0 Å². The van der Waals surface area contributed by atoms with Crippen molar-refractivity contribution < 1.29 is 19.7 Å². The summed E-state index contributed by atoms with van der Waals surface area (Å²) in [4.78, 5) is 20.1. The quantitative estimate of drug-likeness (QED) is 0.259. The first-order chi connectivity index (χ1) is 17.4. The van der Waals surface area contributed by atoms with E-state index in [1.54, 1.807) is 13.3 Å². The van der Waals surface area contributed by atoms with Crippen molar-refractivity contribution in [2.24, 2.45) is 11.8 Å². The Hall–Kier alpha value is -2.61. The number of carbonyl (C=O) groups is 1. The number of hydrogen-bond donors (Lipinski definition) is 2. The Morgan fingerprint density at radius 3 is 2.78 bits per heavy atom. The summed E-state index contributed by atoms with van der Waals surface area (Å²) in [6.07, 6.45) is 4.13. The van der Waals surface area contributed by atoms with Gasteiger partial charge in [0, 0.05) is 23.0 Å². The Morgan fingerprint density at radius 1 is 1.22 bits per heavy atom. The Bertz CT molecular complexity index is 1150. The topological polar surface area (TPSA) is 82.9 Å². The predicted octanol–water partition coefficient (Wildman–Crippen LogP) is 5.57. The van der Waals surface area contributed by atoms with E-state index in [2.05, 4.69) is 41.1 Å². The molecule has 0 unspecified atom stereocenters. The highest BCUT2D eigenvalue weighted by Crippen LogP contribution is 2.34. The lowest BCUT2D eigenvalue weighted by molar-refractivity contribution is -0.146. The van der Waals surface area contributed by atoms with Crippen LogP contribution >= 0.6 is 11.8 Å². The summed E-state index contributed by atoms with van der Waals surface area (Å²) < 4.78 is 5.34. The van der Waals surface area contributed by atoms with E-state index in [-0.39, 0.29) is 5.92 Å². The number of rotatable bonds is 11. The number of pyridine rings is 1. The second kappa shape index (κ2) is 12.6. The number of nitrogens with zero attached hydrogens (tertiary/aromatic N) is 2. The molecule has 0 spiro atoms. The van der Waals surface area contributed by atoms with Crippen molar-refractivity contribution in [1.29, 1.82) is 0 Å². The fourth-order valence-corrected chi connectivity index (χ4v) is 5.94. The van der Waals surface area contributed by atoms with Crippen LogP contribution in [-0.4, -0.2) is 58.6 Å². The Morgan fingerprint density at radius 2 is 2.03 bits per heavy atom. The lowest BCUT2D eigenvalue weighted by atomic mass is 9.81. The van der Waals surface area contributed by atoms with Gasteiger partial charge in [-0.1, -0.05) is 17.7 Å². The van der Waals surface area contributed by atoms with E-state index in [9.17, 15) is 15.0 Å². The number of aliphatic carboxylic acids is 1. The third-order valence-electron chi connectivity index (χ3n) is 7.22. The highest BCUT2D eigenvalue weighted by atomic mass is 32.2. The summed E-state index contributed by atoms with van der Waals surface area (Å²) in [6.45, 7) is 4.51. The summed E-state index contributed by atoms with van der Waals surface area (Å²) in [5.74, 6) is 0.687. The van der Waals surface area contributed by atoms with Crippen molar-refractivity contribution in [1.82, 2.24) is 9.88 Å². The smallest absolute Gasteiger partial charge is 0.308 e. The molecule has 1 aliphatic rings. The molecular weight excluding hydrogens is 472 g/mol. The first-order valence-electron chi connectivity index (χ1n) is 12.7. The minimum absolute atomic E-state index is 0.0676. The molecule has 192 valence electrons. The number of likely N-dealkylation sites (tertiary alicyclic amines) is 1. The molecular formula is C29H36N2O4S. The number of aliphatic hydroxyl groups excluding tert-OH is 1. The van der Waals surface area contributed by atoms with Gasteiger partial charge in [0.2, 0.25) is 0 Å². The van der Waals surface area contributed by atoms with Crippen molar-refractivity contribution in [3.05, 3.63) is 65.9 Å². The van der Waals surface area contributed by atoms with Gasteiger partial charge in [0.05, 0.1) is 24.6 Å². The molecule has 1 aromatic heterocycles. The molecule has 1 saturated heterocycles. The lowest BCUT2D eigenvalue weighted by Crippen LogP contribution is -2.44. The molecule has 1 fully saturated rings. The summed E-state index contributed by atoms with van der Waals surface area (Å²) in [5, 5.41) is 21.8. The number of methoxy groups -OCH3 is 1. The van der Waals surface area contributed by atoms with Crippen LogP contribution < -0.4 is 4.74 Å². The Balaban J connectivity index is 1.29. The van der Waals surface area contributed by atoms with Gasteiger partial charge < -0.3 is 19.8 Å². The molecule has 0 radical (unpaired) electrons. The zero-order valence-corrected chi connectivity index (χ0v) is 21.9. The average Bonchev–Trinajstić information content (AvgIpc) is 2.90. The van der Waals surface area contributed by atoms with Crippen LogP contribution in [0, 0.1) is 18.8 Å². The third-order valence-corrected chi connectivity index (χ3v) is 8.32. The third kappa shape index (κ3) is 6.78. The molecule has 4 rings (SSSR count). The number of carboxylic acids is 1. The summed E-state index contributed by atoms with van der Waals surface area (Å²) >= 11 is 1.85. The molecule has 2 N–H and O–H groups in total. The number of hydrogen-bond acceptors (Lipinski definition) is 6. The number of piperidine rings is 1. The van der Waals surface area contributed by atoms with Gasteiger partial charge in [-0.3, -0.25) is 9.78 Å². The van der Waals surface area contributed by atoms with Crippen LogP contribution in [0.25, 0.3) is 10.9 Å². The Labute approximate surface area is 217 Å². The maximum absolute atomic E-state index is 12.1. The first kappa shape index (κ1) is 26.5. The molecule has 1 aliphatic heterocycles. The molecule has 0 aliphatic carbocycles. The monoisotopic (exact) mass is 508 g/mol. The minimum atomic E-state index is -0.729. The van der Waals surface area contributed by atoms with E-state index in [4.69, 9.17) is 4.74 Å². The SMILES string of the molecule is COc1ccc2nccc([C@H](O)CC[C@@H]3CCN(CCCSc4ccc(C)cc4)C[C@@H]3C(=O)O)c2c1. The van der Waals surface area contributed by atoms with Crippen molar-refractivity contribution in [3.8, 4) is 5.75 Å². The maximum atomic E-state index is 12.1. The van der Waals surface area contributed by atoms with E-state index in [0.717, 1.165) is 53.9 Å².